The van der Waals surface area contributed by atoms with Gasteiger partial charge in [-0.05, 0) is 43.9 Å². The lowest BCUT2D eigenvalue weighted by atomic mass is 10.1. The van der Waals surface area contributed by atoms with E-state index in [4.69, 9.17) is 4.98 Å². The minimum atomic E-state index is 0.585. The van der Waals surface area contributed by atoms with Crippen molar-refractivity contribution in [2.24, 2.45) is 0 Å². The van der Waals surface area contributed by atoms with Crippen molar-refractivity contribution in [2.45, 2.75) is 63.5 Å². The molecule has 2 aliphatic rings. The molecule has 0 spiro atoms. The second-order valence-electron chi connectivity index (χ2n) is 9.38. The number of nitrogens with zero attached hydrogens (tertiary/aromatic N) is 3. The molecule has 3 heterocycles. The lowest BCUT2D eigenvalue weighted by Crippen LogP contribution is -2.07. The Morgan fingerprint density at radius 1 is 0.567 bits per heavy atom. The lowest BCUT2D eigenvalue weighted by molar-refractivity contribution is 0.541. The van der Waals surface area contributed by atoms with Gasteiger partial charge >= 0.3 is 0 Å². The van der Waals surface area contributed by atoms with Crippen LogP contribution < -0.4 is 0 Å². The molecule has 5 aromatic rings. The van der Waals surface area contributed by atoms with Gasteiger partial charge in [-0.15, -0.1) is 0 Å². The van der Waals surface area contributed by atoms with Gasteiger partial charge < -0.3 is 9.13 Å². The van der Waals surface area contributed by atoms with Crippen molar-refractivity contribution in [3.05, 3.63) is 54.6 Å². The standard InChI is InChI=1S/C27H27N3/c1-2-10-18(9-1)29-24-15-7-5-13-20(24)22-17-23-21-14-6-8-16-25(21)30(19-11-3-4-12-19)27(23)28-26(22)29/h5-8,13-19H,1-4,9-12H2. The normalized spacial score (nSPS) is 18.7. The summed E-state index contributed by atoms with van der Waals surface area (Å²) in [6, 6.07) is 21.5. The van der Waals surface area contributed by atoms with E-state index in [0.29, 0.717) is 12.1 Å². The molecular weight excluding hydrogens is 366 g/mol. The van der Waals surface area contributed by atoms with Crippen LogP contribution in [-0.4, -0.2) is 14.1 Å². The van der Waals surface area contributed by atoms with E-state index < -0.39 is 0 Å². The summed E-state index contributed by atoms with van der Waals surface area (Å²) in [4.78, 5) is 5.47. The average molecular weight is 394 g/mol. The molecule has 3 nitrogen and oxygen atoms in total. The Bertz CT molecular complexity index is 1300. The van der Waals surface area contributed by atoms with Crippen LogP contribution >= 0.6 is 0 Å². The maximum Gasteiger partial charge on any atom is 0.143 e. The number of hydrogen-bond donors (Lipinski definition) is 0. The van der Waals surface area contributed by atoms with Gasteiger partial charge in [0.1, 0.15) is 11.3 Å². The van der Waals surface area contributed by atoms with Crippen molar-refractivity contribution in [1.29, 1.82) is 0 Å². The fourth-order valence-electron chi connectivity index (χ4n) is 6.37. The number of rotatable bonds is 2. The maximum absolute atomic E-state index is 5.47. The van der Waals surface area contributed by atoms with Crippen LogP contribution in [-0.2, 0) is 0 Å². The van der Waals surface area contributed by atoms with Crippen LogP contribution in [0, 0.1) is 0 Å². The molecule has 0 aliphatic heterocycles. The van der Waals surface area contributed by atoms with E-state index >= 15 is 0 Å². The van der Waals surface area contributed by atoms with E-state index in [2.05, 4.69) is 63.7 Å². The Morgan fingerprint density at radius 3 is 1.47 bits per heavy atom. The fraction of sp³-hybridized carbons (Fsp3) is 0.370. The molecule has 0 amide bonds. The molecule has 0 saturated heterocycles. The molecule has 3 aromatic heterocycles. The molecule has 0 radical (unpaired) electrons. The Morgan fingerprint density at radius 2 is 1.00 bits per heavy atom. The Labute approximate surface area is 176 Å². The zero-order valence-electron chi connectivity index (χ0n) is 17.3. The molecule has 30 heavy (non-hydrogen) atoms. The molecule has 0 atom stereocenters. The maximum atomic E-state index is 5.47. The van der Waals surface area contributed by atoms with Crippen LogP contribution in [0.4, 0.5) is 0 Å². The van der Waals surface area contributed by atoms with Crippen molar-refractivity contribution in [2.75, 3.05) is 0 Å². The first-order valence-electron chi connectivity index (χ1n) is 11.7. The monoisotopic (exact) mass is 393 g/mol. The molecule has 3 heteroatoms. The summed E-state index contributed by atoms with van der Waals surface area (Å²) >= 11 is 0. The zero-order chi connectivity index (χ0) is 19.7. The van der Waals surface area contributed by atoms with Gasteiger partial charge in [0.25, 0.3) is 0 Å². The number of aromatic nitrogens is 3. The summed E-state index contributed by atoms with van der Waals surface area (Å²) in [5, 5.41) is 5.34. The van der Waals surface area contributed by atoms with Crippen molar-refractivity contribution >= 4 is 43.9 Å². The lowest BCUT2D eigenvalue weighted by Gasteiger charge is -2.16. The quantitative estimate of drug-likeness (QED) is 0.304. The largest absolute Gasteiger partial charge is 0.322 e. The number of hydrogen-bond acceptors (Lipinski definition) is 1. The number of pyridine rings is 1. The first-order valence-corrected chi connectivity index (χ1v) is 11.7. The fourth-order valence-corrected chi connectivity index (χ4v) is 6.37. The third-order valence-corrected chi connectivity index (χ3v) is 7.73. The summed E-state index contributed by atoms with van der Waals surface area (Å²) in [6.07, 6.45) is 10.5. The highest BCUT2D eigenvalue weighted by molar-refractivity contribution is 6.15. The van der Waals surface area contributed by atoms with Crippen LogP contribution in [0.3, 0.4) is 0 Å². The highest BCUT2D eigenvalue weighted by Crippen LogP contribution is 2.42. The molecule has 0 unspecified atom stereocenters. The van der Waals surface area contributed by atoms with Crippen LogP contribution in [0.5, 0.6) is 0 Å². The smallest absolute Gasteiger partial charge is 0.143 e. The van der Waals surface area contributed by atoms with Crippen LogP contribution in [0.1, 0.15) is 63.5 Å². The Hall–Kier alpha value is -2.81. The molecule has 0 N–H and O–H groups in total. The molecule has 7 rings (SSSR count). The predicted molar refractivity (Wildman–Crippen MR) is 125 cm³/mol. The van der Waals surface area contributed by atoms with Gasteiger partial charge in [0.15, 0.2) is 0 Å². The summed E-state index contributed by atoms with van der Waals surface area (Å²) in [5.41, 5.74) is 5.10. The molecule has 150 valence electrons. The van der Waals surface area contributed by atoms with Crippen LogP contribution in [0.15, 0.2) is 54.6 Å². The molecule has 0 bridgehead atoms. The van der Waals surface area contributed by atoms with Gasteiger partial charge in [-0.3, -0.25) is 0 Å². The highest BCUT2D eigenvalue weighted by Gasteiger charge is 2.26. The average Bonchev–Trinajstić information content (AvgIpc) is 3.56. The molecule has 2 aromatic carbocycles. The highest BCUT2D eigenvalue weighted by atomic mass is 15.1. The van der Waals surface area contributed by atoms with Crippen LogP contribution in [0.2, 0.25) is 0 Å². The SMILES string of the molecule is c1ccc2c(c1)c1cc3c4ccccc4n(C4CCCC4)c3nc1n2C1CCCC1. The minimum Gasteiger partial charge on any atom is -0.322 e. The van der Waals surface area contributed by atoms with E-state index in [0.717, 1.165) is 0 Å². The van der Waals surface area contributed by atoms with Crippen molar-refractivity contribution in [1.82, 2.24) is 14.1 Å². The molecule has 2 fully saturated rings. The second kappa shape index (κ2) is 6.34. The van der Waals surface area contributed by atoms with Gasteiger partial charge in [-0.2, -0.15) is 0 Å². The van der Waals surface area contributed by atoms with E-state index in [9.17, 15) is 0 Å². The molecular formula is C27H27N3. The van der Waals surface area contributed by atoms with E-state index in [-0.39, 0.29) is 0 Å². The Kier molecular flexibility index (Phi) is 3.58. The summed E-state index contributed by atoms with van der Waals surface area (Å²) < 4.78 is 5.15. The second-order valence-corrected chi connectivity index (χ2v) is 9.38. The topological polar surface area (TPSA) is 22.8 Å². The van der Waals surface area contributed by atoms with Gasteiger partial charge in [0, 0.05) is 33.6 Å². The van der Waals surface area contributed by atoms with Gasteiger partial charge in [0.05, 0.1) is 11.0 Å². The van der Waals surface area contributed by atoms with Gasteiger partial charge in [0.2, 0.25) is 0 Å². The van der Waals surface area contributed by atoms with Crippen molar-refractivity contribution in [3.8, 4) is 0 Å². The van der Waals surface area contributed by atoms with E-state index in [1.807, 2.05) is 0 Å². The zero-order valence-corrected chi connectivity index (χ0v) is 17.3. The molecule has 2 saturated carbocycles. The van der Waals surface area contributed by atoms with E-state index in [1.54, 1.807) is 0 Å². The summed E-state index contributed by atoms with van der Waals surface area (Å²) in [5.74, 6) is 0. The van der Waals surface area contributed by atoms with Crippen molar-refractivity contribution < 1.29 is 0 Å². The van der Waals surface area contributed by atoms with E-state index in [1.165, 1.54) is 95.2 Å². The third kappa shape index (κ3) is 2.24. The third-order valence-electron chi connectivity index (χ3n) is 7.73. The van der Waals surface area contributed by atoms with Gasteiger partial charge in [-0.1, -0.05) is 62.1 Å². The minimum absolute atomic E-state index is 0.585. The van der Waals surface area contributed by atoms with Crippen molar-refractivity contribution in [3.63, 3.8) is 0 Å². The number of para-hydroxylation sites is 2. The summed E-state index contributed by atoms with van der Waals surface area (Å²) in [7, 11) is 0. The number of benzene rings is 2. The number of fused-ring (bicyclic) bond motifs is 6. The summed E-state index contributed by atoms with van der Waals surface area (Å²) in [6.45, 7) is 0. The molecule has 2 aliphatic carbocycles. The van der Waals surface area contributed by atoms with Gasteiger partial charge in [-0.25, -0.2) is 4.98 Å². The first-order chi connectivity index (χ1) is 14.9. The predicted octanol–water partition coefficient (Wildman–Crippen LogP) is 7.53. The Balaban J connectivity index is 1.64. The van der Waals surface area contributed by atoms with Crippen LogP contribution in [0.25, 0.3) is 43.9 Å². The first kappa shape index (κ1) is 16.9.